The van der Waals surface area contributed by atoms with Crippen LogP contribution in [0.5, 0.6) is 5.75 Å². The van der Waals surface area contributed by atoms with Gasteiger partial charge >= 0.3 is 0 Å². The Kier molecular flexibility index (Phi) is 3.11. The van der Waals surface area contributed by atoms with E-state index in [2.05, 4.69) is 5.32 Å². The van der Waals surface area contributed by atoms with Crippen LogP contribution in [0.3, 0.4) is 0 Å². The maximum atomic E-state index is 11.6. The first-order valence-electron chi connectivity index (χ1n) is 6.72. The third-order valence-electron chi connectivity index (χ3n) is 3.60. The van der Waals surface area contributed by atoms with Crippen LogP contribution in [0, 0.1) is 5.92 Å². The van der Waals surface area contributed by atoms with E-state index < -0.39 is 0 Å². The molecular weight excluding hydrogens is 238 g/mol. The molecule has 0 aliphatic heterocycles. The van der Waals surface area contributed by atoms with Crippen LogP contribution in [0.2, 0.25) is 0 Å². The Hall–Kier alpha value is -2.03. The van der Waals surface area contributed by atoms with Gasteiger partial charge in [0.05, 0.1) is 0 Å². The predicted octanol–water partition coefficient (Wildman–Crippen LogP) is 2.61. The molecule has 0 atom stereocenters. The van der Waals surface area contributed by atoms with Crippen LogP contribution in [0.25, 0.3) is 10.8 Å². The minimum Gasteiger partial charge on any atom is -0.508 e. The van der Waals surface area contributed by atoms with Crippen LogP contribution in [0.1, 0.15) is 18.4 Å². The highest BCUT2D eigenvalue weighted by Gasteiger charge is 2.28. The van der Waals surface area contributed by atoms with Crippen LogP contribution >= 0.6 is 0 Å². The van der Waals surface area contributed by atoms with Crippen molar-refractivity contribution in [1.82, 2.24) is 5.32 Å². The second-order valence-electron chi connectivity index (χ2n) is 5.14. The lowest BCUT2D eigenvalue weighted by Crippen LogP contribution is -2.26. The largest absolute Gasteiger partial charge is 0.508 e. The average Bonchev–Trinajstić information content (AvgIpc) is 3.23. The zero-order valence-electron chi connectivity index (χ0n) is 10.7. The molecule has 2 aromatic rings. The Morgan fingerprint density at radius 3 is 2.89 bits per heavy atom. The summed E-state index contributed by atoms with van der Waals surface area (Å²) in [7, 11) is 0. The SMILES string of the molecule is O=C(NCCc1cccc2ccc(O)cc12)C1CC1. The van der Waals surface area contributed by atoms with Crippen molar-refractivity contribution in [2.45, 2.75) is 19.3 Å². The van der Waals surface area contributed by atoms with Crippen LogP contribution in [0.4, 0.5) is 0 Å². The zero-order valence-corrected chi connectivity index (χ0v) is 10.7. The number of aromatic hydroxyl groups is 1. The summed E-state index contributed by atoms with van der Waals surface area (Å²) in [6.45, 7) is 0.657. The van der Waals surface area contributed by atoms with Gasteiger partial charge in [-0.1, -0.05) is 24.3 Å². The third-order valence-corrected chi connectivity index (χ3v) is 3.60. The van der Waals surface area contributed by atoms with Gasteiger partial charge in [0.15, 0.2) is 0 Å². The number of amides is 1. The Morgan fingerprint density at radius 1 is 1.26 bits per heavy atom. The number of nitrogens with one attached hydrogen (secondary N) is 1. The highest BCUT2D eigenvalue weighted by molar-refractivity contribution is 5.87. The first kappa shape index (κ1) is 12.0. The predicted molar refractivity (Wildman–Crippen MR) is 75.1 cm³/mol. The molecule has 1 amide bonds. The Morgan fingerprint density at radius 2 is 2.11 bits per heavy atom. The van der Waals surface area contributed by atoms with Crippen molar-refractivity contribution in [3.63, 3.8) is 0 Å². The van der Waals surface area contributed by atoms with Crippen LogP contribution in [-0.2, 0) is 11.2 Å². The molecule has 0 unspecified atom stereocenters. The molecule has 0 radical (unpaired) electrons. The van der Waals surface area contributed by atoms with Gasteiger partial charge in [-0.15, -0.1) is 0 Å². The molecule has 98 valence electrons. The van der Waals surface area contributed by atoms with Crippen LogP contribution in [-0.4, -0.2) is 17.6 Å². The molecule has 2 aromatic carbocycles. The number of rotatable bonds is 4. The normalized spacial score (nSPS) is 14.5. The third kappa shape index (κ3) is 2.70. The maximum absolute atomic E-state index is 11.6. The van der Waals surface area contributed by atoms with E-state index in [0.717, 1.165) is 35.6 Å². The molecule has 0 heterocycles. The lowest BCUT2D eigenvalue weighted by Gasteiger charge is -2.08. The van der Waals surface area contributed by atoms with E-state index in [4.69, 9.17) is 0 Å². The van der Waals surface area contributed by atoms with Crippen molar-refractivity contribution in [3.8, 4) is 5.75 Å². The lowest BCUT2D eigenvalue weighted by molar-refractivity contribution is -0.122. The molecule has 3 heteroatoms. The number of benzene rings is 2. The highest BCUT2D eigenvalue weighted by Crippen LogP contribution is 2.28. The van der Waals surface area contributed by atoms with E-state index in [-0.39, 0.29) is 17.6 Å². The number of fused-ring (bicyclic) bond motifs is 1. The van der Waals surface area contributed by atoms with Crippen molar-refractivity contribution in [3.05, 3.63) is 42.0 Å². The number of phenolic OH excluding ortho intramolecular Hbond substituents is 1. The van der Waals surface area contributed by atoms with E-state index in [1.165, 1.54) is 0 Å². The van der Waals surface area contributed by atoms with E-state index in [1.54, 1.807) is 12.1 Å². The zero-order chi connectivity index (χ0) is 13.2. The van der Waals surface area contributed by atoms with E-state index in [1.807, 2.05) is 24.3 Å². The fourth-order valence-corrected chi connectivity index (χ4v) is 2.35. The van der Waals surface area contributed by atoms with E-state index >= 15 is 0 Å². The first-order valence-corrected chi connectivity index (χ1v) is 6.72. The molecule has 1 aliphatic rings. The van der Waals surface area contributed by atoms with Gasteiger partial charge in [-0.25, -0.2) is 0 Å². The van der Waals surface area contributed by atoms with Gasteiger partial charge in [-0.05, 0) is 47.7 Å². The molecule has 3 nitrogen and oxygen atoms in total. The molecule has 19 heavy (non-hydrogen) atoms. The molecular formula is C16H17NO2. The maximum Gasteiger partial charge on any atom is 0.223 e. The fraction of sp³-hybridized carbons (Fsp3) is 0.312. The minimum atomic E-state index is 0.183. The van der Waals surface area contributed by atoms with Gasteiger partial charge in [-0.3, -0.25) is 4.79 Å². The molecule has 0 aromatic heterocycles. The quantitative estimate of drug-likeness (QED) is 0.882. The van der Waals surface area contributed by atoms with Gasteiger partial charge in [0.2, 0.25) is 5.91 Å². The van der Waals surface area contributed by atoms with Crippen molar-refractivity contribution in [2.75, 3.05) is 6.54 Å². The van der Waals surface area contributed by atoms with Gasteiger partial charge in [-0.2, -0.15) is 0 Å². The monoisotopic (exact) mass is 255 g/mol. The summed E-state index contributed by atoms with van der Waals surface area (Å²) >= 11 is 0. The van der Waals surface area contributed by atoms with Crippen LogP contribution in [0.15, 0.2) is 36.4 Å². The number of hydrogen-bond acceptors (Lipinski definition) is 2. The van der Waals surface area contributed by atoms with Crippen LogP contribution < -0.4 is 5.32 Å². The molecule has 0 spiro atoms. The smallest absolute Gasteiger partial charge is 0.223 e. The summed E-state index contributed by atoms with van der Waals surface area (Å²) in [4.78, 5) is 11.6. The molecule has 0 saturated heterocycles. The molecule has 2 N–H and O–H groups in total. The molecule has 1 fully saturated rings. The van der Waals surface area contributed by atoms with E-state index in [9.17, 15) is 9.90 Å². The van der Waals surface area contributed by atoms with Crippen molar-refractivity contribution in [1.29, 1.82) is 0 Å². The van der Waals surface area contributed by atoms with Gasteiger partial charge in [0, 0.05) is 12.5 Å². The number of carbonyl (C=O) groups is 1. The molecule has 0 bridgehead atoms. The molecule has 1 aliphatic carbocycles. The Bertz CT molecular complexity index is 617. The first-order chi connectivity index (χ1) is 9.24. The average molecular weight is 255 g/mol. The molecule has 1 saturated carbocycles. The summed E-state index contributed by atoms with van der Waals surface area (Å²) in [5, 5.41) is 14.7. The van der Waals surface area contributed by atoms with Crippen molar-refractivity contribution in [2.24, 2.45) is 5.92 Å². The summed E-state index contributed by atoms with van der Waals surface area (Å²) in [5.74, 6) is 0.724. The summed E-state index contributed by atoms with van der Waals surface area (Å²) in [6, 6.07) is 11.5. The summed E-state index contributed by atoms with van der Waals surface area (Å²) in [5.41, 5.74) is 1.16. The van der Waals surface area contributed by atoms with Gasteiger partial charge < -0.3 is 10.4 Å². The topological polar surface area (TPSA) is 49.3 Å². The second kappa shape index (κ2) is 4.92. The van der Waals surface area contributed by atoms with Gasteiger partial charge in [0.1, 0.15) is 5.75 Å². The highest BCUT2D eigenvalue weighted by atomic mass is 16.3. The fourth-order valence-electron chi connectivity index (χ4n) is 2.35. The van der Waals surface area contributed by atoms with Gasteiger partial charge in [0.25, 0.3) is 0 Å². The minimum absolute atomic E-state index is 0.183. The Labute approximate surface area is 112 Å². The number of hydrogen-bond donors (Lipinski definition) is 2. The summed E-state index contributed by atoms with van der Waals surface area (Å²) in [6.07, 6.45) is 2.86. The lowest BCUT2D eigenvalue weighted by atomic mass is 10.0. The second-order valence-corrected chi connectivity index (χ2v) is 5.14. The van der Waals surface area contributed by atoms with E-state index in [0.29, 0.717) is 6.54 Å². The number of phenols is 1. The standard InChI is InChI=1S/C16H17NO2/c18-14-7-6-11-2-1-3-12(15(11)10-14)8-9-17-16(19)13-4-5-13/h1-3,6-7,10,13,18H,4-5,8-9H2,(H,17,19). The van der Waals surface area contributed by atoms with Crippen molar-refractivity contribution >= 4 is 16.7 Å². The Balaban J connectivity index is 1.72. The molecule has 3 rings (SSSR count). The number of carbonyl (C=O) groups excluding carboxylic acids is 1. The van der Waals surface area contributed by atoms with Crippen molar-refractivity contribution < 1.29 is 9.90 Å². The summed E-state index contributed by atoms with van der Waals surface area (Å²) < 4.78 is 0.